The van der Waals surface area contributed by atoms with Crippen LogP contribution < -0.4 is 15.1 Å². The molecule has 4 amide bonds. The van der Waals surface area contributed by atoms with Crippen LogP contribution in [0.2, 0.25) is 0 Å². The lowest BCUT2D eigenvalue weighted by Gasteiger charge is -2.27. The number of hydrogen-bond donors (Lipinski definition) is 1. The Morgan fingerprint density at radius 3 is 2.20 bits per heavy atom. The Morgan fingerprint density at radius 1 is 0.914 bits per heavy atom. The van der Waals surface area contributed by atoms with Crippen molar-refractivity contribution in [1.29, 1.82) is 0 Å². The van der Waals surface area contributed by atoms with Crippen LogP contribution in [0.3, 0.4) is 0 Å². The number of rotatable bonds is 6. The van der Waals surface area contributed by atoms with Crippen molar-refractivity contribution >= 4 is 35.3 Å². The van der Waals surface area contributed by atoms with E-state index < -0.39 is 17.8 Å². The van der Waals surface area contributed by atoms with E-state index in [1.165, 1.54) is 0 Å². The highest BCUT2D eigenvalue weighted by Gasteiger charge is 2.37. The van der Waals surface area contributed by atoms with Crippen LogP contribution >= 0.6 is 0 Å². The summed E-state index contributed by atoms with van der Waals surface area (Å²) in [5.41, 5.74) is 5.90. The molecule has 2 heterocycles. The molecule has 0 radical (unpaired) electrons. The van der Waals surface area contributed by atoms with Gasteiger partial charge in [0, 0.05) is 35.9 Å². The Hall–Kier alpha value is -4.13. The normalized spacial score (nSPS) is 15.1. The van der Waals surface area contributed by atoms with Gasteiger partial charge in [-0.2, -0.15) is 0 Å². The summed E-state index contributed by atoms with van der Waals surface area (Å²) in [6.45, 7) is 11.9. The summed E-state index contributed by atoms with van der Waals surface area (Å²) >= 11 is 0. The fraction of sp³-hybridized carbons (Fsp3) is 0.250. The highest BCUT2D eigenvalue weighted by molar-refractivity contribution is 6.39. The van der Waals surface area contributed by atoms with E-state index in [2.05, 4.69) is 52.9 Å². The minimum absolute atomic E-state index is 0.0787. The molecule has 7 heteroatoms. The van der Waals surface area contributed by atoms with Gasteiger partial charge in [-0.25, -0.2) is 9.69 Å². The highest BCUT2D eigenvalue weighted by atomic mass is 16.2. The van der Waals surface area contributed by atoms with E-state index in [1.54, 1.807) is 18.2 Å². The van der Waals surface area contributed by atoms with Crippen LogP contribution in [0.5, 0.6) is 0 Å². The number of nitrogens with one attached hydrogen (secondary N) is 1. The summed E-state index contributed by atoms with van der Waals surface area (Å²) in [5.74, 6) is -1.33. The van der Waals surface area contributed by atoms with Gasteiger partial charge in [0.05, 0.1) is 5.69 Å². The summed E-state index contributed by atoms with van der Waals surface area (Å²) in [5, 5.41) is 2.30. The number of carbonyl (C=O) groups is 3. The number of barbiturate groups is 1. The molecule has 0 aliphatic carbocycles. The summed E-state index contributed by atoms with van der Waals surface area (Å²) < 4.78 is 2.09. The standard InChI is InChI=1S/C28H30N4O3/c1-6-30(7-2)22-12-14-23(15-13-22)31-19(4)16-21(20(31)5)17-24-26(33)29-28(35)32(27(24)34)25-11-9-8-10-18(25)3/h8-17H,6-7H2,1-5H3,(H,29,33,35)/b24-17+. The number of aryl methyl sites for hydroxylation is 2. The molecular formula is C28H30N4O3. The molecule has 1 aliphatic heterocycles. The molecule has 0 spiro atoms. The van der Waals surface area contributed by atoms with Crippen LogP contribution in [0, 0.1) is 20.8 Å². The van der Waals surface area contributed by atoms with Gasteiger partial charge < -0.3 is 9.47 Å². The maximum absolute atomic E-state index is 13.3. The number of carbonyl (C=O) groups excluding carboxylic acids is 3. The fourth-order valence-corrected chi connectivity index (χ4v) is 4.58. The van der Waals surface area contributed by atoms with Crippen LogP contribution in [-0.4, -0.2) is 35.5 Å². The molecular weight excluding hydrogens is 440 g/mol. The predicted molar refractivity (Wildman–Crippen MR) is 139 cm³/mol. The summed E-state index contributed by atoms with van der Waals surface area (Å²) in [7, 11) is 0. The molecule has 0 atom stereocenters. The van der Waals surface area contributed by atoms with Gasteiger partial charge in [-0.1, -0.05) is 18.2 Å². The SMILES string of the molecule is CCN(CC)c1ccc(-n2c(C)cc(/C=C3\C(=O)NC(=O)N(c4ccccc4C)C3=O)c2C)cc1. The van der Waals surface area contributed by atoms with Crippen LogP contribution in [0.25, 0.3) is 11.8 Å². The molecule has 0 saturated carbocycles. The first-order valence-corrected chi connectivity index (χ1v) is 11.8. The highest BCUT2D eigenvalue weighted by Crippen LogP contribution is 2.28. The number of imide groups is 2. The number of amides is 4. The molecule has 0 unspecified atom stereocenters. The van der Waals surface area contributed by atoms with E-state index in [4.69, 9.17) is 0 Å². The second-order valence-corrected chi connectivity index (χ2v) is 8.59. The number of aromatic nitrogens is 1. The summed E-state index contributed by atoms with van der Waals surface area (Å²) in [6, 6.07) is 16.6. The van der Waals surface area contributed by atoms with Crippen molar-refractivity contribution in [1.82, 2.24) is 9.88 Å². The van der Waals surface area contributed by atoms with Crippen molar-refractivity contribution in [2.75, 3.05) is 22.9 Å². The smallest absolute Gasteiger partial charge is 0.335 e. The van der Waals surface area contributed by atoms with Crippen LogP contribution in [-0.2, 0) is 9.59 Å². The maximum atomic E-state index is 13.3. The van der Waals surface area contributed by atoms with Gasteiger partial charge in [0.25, 0.3) is 11.8 Å². The van der Waals surface area contributed by atoms with Crippen molar-refractivity contribution < 1.29 is 14.4 Å². The molecule has 1 N–H and O–H groups in total. The number of hydrogen-bond acceptors (Lipinski definition) is 4. The molecule has 1 aliphatic rings. The van der Waals surface area contributed by atoms with Gasteiger partial charge in [-0.05, 0) is 88.2 Å². The molecule has 2 aromatic carbocycles. The van der Waals surface area contributed by atoms with E-state index in [0.717, 1.165) is 51.9 Å². The third-order valence-electron chi connectivity index (χ3n) is 6.46. The Bertz CT molecular complexity index is 1330. The van der Waals surface area contributed by atoms with Gasteiger partial charge in [-0.3, -0.25) is 14.9 Å². The van der Waals surface area contributed by atoms with Crippen molar-refractivity contribution in [3.05, 3.63) is 82.7 Å². The molecule has 1 aromatic heterocycles. The average Bonchev–Trinajstić information content (AvgIpc) is 3.11. The third kappa shape index (κ3) is 4.37. The Morgan fingerprint density at radius 2 is 1.57 bits per heavy atom. The first-order valence-electron chi connectivity index (χ1n) is 11.8. The third-order valence-corrected chi connectivity index (χ3v) is 6.46. The monoisotopic (exact) mass is 470 g/mol. The molecule has 180 valence electrons. The molecule has 0 bridgehead atoms. The van der Waals surface area contributed by atoms with Gasteiger partial charge in [0.2, 0.25) is 0 Å². The number of benzene rings is 2. The van der Waals surface area contributed by atoms with E-state index in [-0.39, 0.29) is 5.57 Å². The zero-order valence-electron chi connectivity index (χ0n) is 20.8. The molecule has 3 aromatic rings. The van der Waals surface area contributed by atoms with Crippen molar-refractivity contribution in [3.63, 3.8) is 0 Å². The number of anilines is 2. The van der Waals surface area contributed by atoms with Gasteiger partial charge in [0.1, 0.15) is 5.57 Å². The lowest BCUT2D eigenvalue weighted by molar-refractivity contribution is -0.122. The number of para-hydroxylation sites is 1. The van der Waals surface area contributed by atoms with Crippen LogP contribution in [0.4, 0.5) is 16.2 Å². The minimum atomic E-state index is -0.745. The van der Waals surface area contributed by atoms with Crippen LogP contribution in [0.1, 0.15) is 36.4 Å². The topological polar surface area (TPSA) is 74.7 Å². The minimum Gasteiger partial charge on any atom is -0.372 e. The lowest BCUT2D eigenvalue weighted by Crippen LogP contribution is -2.54. The summed E-state index contributed by atoms with van der Waals surface area (Å²) in [4.78, 5) is 41.8. The Kier molecular flexibility index (Phi) is 6.60. The quantitative estimate of drug-likeness (QED) is 0.410. The van der Waals surface area contributed by atoms with E-state index in [1.807, 2.05) is 39.0 Å². The van der Waals surface area contributed by atoms with Gasteiger partial charge >= 0.3 is 6.03 Å². The Labute approximate surface area is 205 Å². The van der Waals surface area contributed by atoms with E-state index in [9.17, 15) is 14.4 Å². The van der Waals surface area contributed by atoms with Crippen molar-refractivity contribution in [2.24, 2.45) is 0 Å². The second kappa shape index (κ2) is 9.62. The Balaban J connectivity index is 1.71. The van der Waals surface area contributed by atoms with Gasteiger partial charge in [-0.15, -0.1) is 0 Å². The molecule has 1 saturated heterocycles. The van der Waals surface area contributed by atoms with Crippen molar-refractivity contribution in [3.8, 4) is 5.69 Å². The summed E-state index contributed by atoms with van der Waals surface area (Å²) in [6.07, 6.45) is 1.57. The van der Waals surface area contributed by atoms with Crippen molar-refractivity contribution in [2.45, 2.75) is 34.6 Å². The number of nitrogens with zero attached hydrogens (tertiary/aromatic N) is 3. The molecule has 1 fully saturated rings. The zero-order valence-corrected chi connectivity index (χ0v) is 20.8. The lowest BCUT2D eigenvalue weighted by atomic mass is 10.1. The van der Waals surface area contributed by atoms with Gasteiger partial charge in [0.15, 0.2) is 0 Å². The van der Waals surface area contributed by atoms with E-state index in [0.29, 0.717) is 5.69 Å². The van der Waals surface area contributed by atoms with Crippen LogP contribution in [0.15, 0.2) is 60.2 Å². The first kappa shape index (κ1) is 24.0. The zero-order chi connectivity index (χ0) is 25.3. The largest absolute Gasteiger partial charge is 0.372 e. The predicted octanol–water partition coefficient (Wildman–Crippen LogP) is 4.92. The first-order chi connectivity index (χ1) is 16.8. The molecule has 4 rings (SSSR count). The second-order valence-electron chi connectivity index (χ2n) is 8.59. The molecule has 35 heavy (non-hydrogen) atoms. The average molecular weight is 471 g/mol. The number of urea groups is 1. The maximum Gasteiger partial charge on any atom is 0.335 e. The fourth-order valence-electron chi connectivity index (χ4n) is 4.58. The van der Waals surface area contributed by atoms with E-state index >= 15 is 0 Å². The molecule has 7 nitrogen and oxygen atoms in total.